The number of rotatable bonds is 7. The molecular formula is C23H30N4O2. The summed E-state index contributed by atoms with van der Waals surface area (Å²) in [6, 6.07) is 18.4. The maximum absolute atomic E-state index is 11.8. The van der Waals surface area contributed by atoms with Crippen molar-refractivity contribution in [3.63, 3.8) is 0 Å². The first-order valence-electron chi connectivity index (χ1n) is 10.2. The van der Waals surface area contributed by atoms with Crippen molar-refractivity contribution in [2.24, 2.45) is 4.99 Å². The molecule has 1 aliphatic heterocycles. The van der Waals surface area contributed by atoms with Gasteiger partial charge in [0, 0.05) is 39.1 Å². The lowest BCUT2D eigenvalue weighted by Gasteiger charge is -2.19. The summed E-state index contributed by atoms with van der Waals surface area (Å²) in [5.41, 5.74) is 2.26. The van der Waals surface area contributed by atoms with Crippen LogP contribution in [0.15, 0.2) is 59.6 Å². The zero-order valence-corrected chi connectivity index (χ0v) is 17.2. The summed E-state index contributed by atoms with van der Waals surface area (Å²) < 4.78 is 5.91. The van der Waals surface area contributed by atoms with Gasteiger partial charge in [0.25, 0.3) is 0 Å². The summed E-state index contributed by atoms with van der Waals surface area (Å²) in [6.45, 7) is 4.64. The van der Waals surface area contributed by atoms with Crippen LogP contribution in [0.4, 0.5) is 0 Å². The van der Waals surface area contributed by atoms with Gasteiger partial charge in [-0.1, -0.05) is 49.4 Å². The highest BCUT2D eigenvalue weighted by Gasteiger charge is 2.25. The molecule has 0 radical (unpaired) electrons. The third-order valence-electron chi connectivity index (χ3n) is 5.01. The Hall–Kier alpha value is -3.02. The van der Waals surface area contributed by atoms with Gasteiger partial charge >= 0.3 is 0 Å². The van der Waals surface area contributed by atoms with Crippen LogP contribution in [0.2, 0.25) is 0 Å². The number of nitrogens with one attached hydrogen (secondary N) is 2. The lowest BCUT2D eigenvalue weighted by atomic mass is 10.2. The second-order valence-electron chi connectivity index (χ2n) is 7.17. The number of carbonyl (C=O) groups is 1. The van der Waals surface area contributed by atoms with Crippen LogP contribution in [0.5, 0.6) is 5.75 Å². The number of amides is 1. The molecule has 1 heterocycles. The van der Waals surface area contributed by atoms with Crippen LogP contribution in [0.3, 0.4) is 0 Å². The molecule has 1 atom stereocenters. The minimum Gasteiger partial charge on any atom is -0.489 e. The van der Waals surface area contributed by atoms with Crippen LogP contribution in [0.1, 0.15) is 30.9 Å². The monoisotopic (exact) mass is 394 g/mol. The van der Waals surface area contributed by atoms with Gasteiger partial charge in [0.2, 0.25) is 5.91 Å². The summed E-state index contributed by atoms with van der Waals surface area (Å²) in [5, 5.41) is 6.77. The van der Waals surface area contributed by atoms with E-state index in [-0.39, 0.29) is 11.9 Å². The summed E-state index contributed by atoms with van der Waals surface area (Å²) in [6.07, 6.45) is 1.50. The number of carbonyl (C=O) groups excluding carboxylic acids is 1. The zero-order valence-electron chi connectivity index (χ0n) is 17.2. The van der Waals surface area contributed by atoms with Crippen molar-refractivity contribution in [1.82, 2.24) is 15.5 Å². The smallest absolute Gasteiger partial charge is 0.222 e. The number of likely N-dealkylation sites (tertiary alicyclic amines) is 1. The molecule has 1 saturated heterocycles. The van der Waals surface area contributed by atoms with Crippen molar-refractivity contribution < 1.29 is 9.53 Å². The highest BCUT2D eigenvalue weighted by atomic mass is 16.5. The molecule has 2 aromatic rings. The third-order valence-corrected chi connectivity index (χ3v) is 5.01. The van der Waals surface area contributed by atoms with Gasteiger partial charge in [0.1, 0.15) is 12.4 Å². The molecule has 0 spiro atoms. The first-order chi connectivity index (χ1) is 14.2. The van der Waals surface area contributed by atoms with Gasteiger partial charge in [-0.15, -0.1) is 0 Å². The fourth-order valence-corrected chi connectivity index (χ4v) is 3.39. The Morgan fingerprint density at radius 2 is 1.97 bits per heavy atom. The highest BCUT2D eigenvalue weighted by Crippen LogP contribution is 2.15. The first kappa shape index (κ1) is 20.7. The Morgan fingerprint density at radius 1 is 1.17 bits per heavy atom. The Labute approximate surface area is 173 Å². The van der Waals surface area contributed by atoms with E-state index >= 15 is 0 Å². The Morgan fingerprint density at radius 3 is 2.72 bits per heavy atom. The molecule has 0 saturated carbocycles. The van der Waals surface area contributed by atoms with Crippen molar-refractivity contribution in [3.05, 3.63) is 65.7 Å². The van der Waals surface area contributed by atoms with Crippen molar-refractivity contribution in [1.29, 1.82) is 0 Å². The normalized spacial score (nSPS) is 16.6. The lowest BCUT2D eigenvalue weighted by molar-refractivity contribution is -0.129. The summed E-state index contributed by atoms with van der Waals surface area (Å²) >= 11 is 0. The quantitative estimate of drug-likeness (QED) is 0.560. The molecule has 3 rings (SSSR count). The van der Waals surface area contributed by atoms with Crippen molar-refractivity contribution in [2.75, 3.05) is 20.1 Å². The topological polar surface area (TPSA) is 66.0 Å². The van der Waals surface area contributed by atoms with Crippen molar-refractivity contribution >= 4 is 11.9 Å². The lowest BCUT2D eigenvalue weighted by Crippen LogP contribution is -2.44. The fourth-order valence-electron chi connectivity index (χ4n) is 3.39. The van der Waals surface area contributed by atoms with Crippen molar-refractivity contribution in [3.8, 4) is 5.75 Å². The number of ether oxygens (including phenoxy) is 1. The van der Waals surface area contributed by atoms with Gasteiger partial charge in [-0.3, -0.25) is 9.79 Å². The Balaban J connectivity index is 1.48. The molecule has 1 amide bonds. The van der Waals surface area contributed by atoms with E-state index in [1.54, 1.807) is 7.05 Å². The standard InChI is InChI=1S/C23H30N4O2/c1-3-22(28)27-13-12-20(16-27)26-23(24-2)25-15-19-10-7-11-21(14-19)29-17-18-8-5-4-6-9-18/h4-11,14,20H,3,12-13,15-17H2,1-2H3,(H2,24,25,26). The predicted molar refractivity (Wildman–Crippen MR) is 116 cm³/mol. The Bertz CT molecular complexity index is 823. The van der Waals surface area contributed by atoms with Crippen LogP contribution in [0.25, 0.3) is 0 Å². The van der Waals surface area contributed by atoms with Crippen LogP contribution in [-0.2, 0) is 17.9 Å². The molecule has 2 aromatic carbocycles. The largest absolute Gasteiger partial charge is 0.489 e. The van der Waals surface area contributed by atoms with Crippen LogP contribution in [0, 0.1) is 0 Å². The molecule has 6 heteroatoms. The molecular weight excluding hydrogens is 364 g/mol. The molecule has 0 aliphatic carbocycles. The summed E-state index contributed by atoms with van der Waals surface area (Å²) in [7, 11) is 1.76. The van der Waals surface area contributed by atoms with Crippen molar-refractivity contribution in [2.45, 2.75) is 39.0 Å². The average molecular weight is 395 g/mol. The second-order valence-corrected chi connectivity index (χ2v) is 7.17. The third kappa shape index (κ3) is 6.24. The van der Waals surface area contributed by atoms with E-state index in [1.165, 1.54) is 0 Å². The average Bonchev–Trinajstić information content (AvgIpc) is 3.24. The first-order valence-corrected chi connectivity index (χ1v) is 10.2. The number of nitrogens with zero attached hydrogens (tertiary/aromatic N) is 2. The summed E-state index contributed by atoms with van der Waals surface area (Å²) in [4.78, 5) is 18.1. The SMILES string of the molecule is CCC(=O)N1CCC(NC(=NC)NCc2cccc(OCc3ccccc3)c2)C1. The second kappa shape index (κ2) is 10.5. The van der Waals surface area contributed by atoms with E-state index in [2.05, 4.69) is 33.8 Å². The van der Waals surface area contributed by atoms with E-state index in [1.807, 2.05) is 48.2 Å². The van der Waals surface area contributed by atoms with Gasteiger partial charge < -0.3 is 20.3 Å². The molecule has 1 aliphatic rings. The molecule has 2 N–H and O–H groups in total. The number of hydrogen-bond acceptors (Lipinski definition) is 3. The van der Waals surface area contributed by atoms with Gasteiger partial charge in [-0.05, 0) is 29.7 Å². The van der Waals surface area contributed by atoms with E-state index in [0.29, 0.717) is 19.6 Å². The maximum atomic E-state index is 11.8. The highest BCUT2D eigenvalue weighted by molar-refractivity contribution is 5.80. The molecule has 0 aromatic heterocycles. The summed E-state index contributed by atoms with van der Waals surface area (Å²) in [5.74, 6) is 1.81. The van der Waals surface area contributed by atoms with Gasteiger partial charge in [0.15, 0.2) is 5.96 Å². The van der Waals surface area contributed by atoms with Crippen LogP contribution in [-0.4, -0.2) is 42.9 Å². The van der Waals surface area contributed by atoms with E-state index in [0.717, 1.165) is 42.3 Å². The molecule has 1 fully saturated rings. The minimum absolute atomic E-state index is 0.213. The molecule has 29 heavy (non-hydrogen) atoms. The van der Waals surface area contributed by atoms with Gasteiger partial charge in [-0.2, -0.15) is 0 Å². The molecule has 1 unspecified atom stereocenters. The molecule has 6 nitrogen and oxygen atoms in total. The van der Waals surface area contributed by atoms with E-state index < -0.39 is 0 Å². The number of hydrogen-bond donors (Lipinski definition) is 2. The fraction of sp³-hybridized carbons (Fsp3) is 0.391. The number of benzene rings is 2. The van der Waals surface area contributed by atoms with Crippen LogP contribution >= 0.6 is 0 Å². The van der Waals surface area contributed by atoms with E-state index in [4.69, 9.17) is 4.74 Å². The van der Waals surface area contributed by atoms with E-state index in [9.17, 15) is 4.79 Å². The van der Waals surface area contributed by atoms with Gasteiger partial charge in [0.05, 0.1) is 0 Å². The predicted octanol–water partition coefficient (Wildman–Crippen LogP) is 2.94. The number of guanidine groups is 1. The minimum atomic E-state index is 0.213. The zero-order chi connectivity index (χ0) is 20.5. The Kier molecular flexibility index (Phi) is 7.50. The molecule has 154 valence electrons. The van der Waals surface area contributed by atoms with Gasteiger partial charge in [-0.25, -0.2) is 0 Å². The maximum Gasteiger partial charge on any atom is 0.222 e. The number of aliphatic imine (C=N–C) groups is 1. The van der Waals surface area contributed by atoms with Crippen LogP contribution < -0.4 is 15.4 Å². The molecule has 0 bridgehead atoms.